The Morgan fingerprint density at radius 3 is 2.83 bits per heavy atom. The van der Waals surface area contributed by atoms with Crippen LogP contribution in [0, 0.1) is 11.3 Å². The fourth-order valence-electron chi connectivity index (χ4n) is 8.12. The highest BCUT2D eigenvalue weighted by Crippen LogP contribution is 2.72. The highest BCUT2D eigenvalue weighted by Gasteiger charge is 2.82. The minimum atomic E-state index is -0.886. The number of methoxy groups -OCH3 is 2. The van der Waals surface area contributed by atoms with E-state index in [0.717, 1.165) is 36.4 Å². The lowest BCUT2D eigenvalue weighted by Crippen LogP contribution is -2.71. The molecule has 1 aromatic carbocycles. The van der Waals surface area contributed by atoms with Crippen molar-refractivity contribution < 1.29 is 19.4 Å². The molecule has 6 nitrogen and oxygen atoms in total. The van der Waals surface area contributed by atoms with Gasteiger partial charge in [-0.05, 0) is 31.4 Å². The molecule has 5 fully saturated rings. The van der Waals surface area contributed by atoms with Gasteiger partial charge in [0.1, 0.15) is 11.2 Å². The van der Waals surface area contributed by atoms with E-state index in [0.29, 0.717) is 6.04 Å². The van der Waals surface area contributed by atoms with E-state index in [1.807, 2.05) is 6.07 Å². The molecule has 5 bridgehead atoms. The Morgan fingerprint density at radius 2 is 2.14 bits per heavy atom. The zero-order valence-electron chi connectivity index (χ0n) is 17.4. The average Bonchev–Trinajstić information content (AvgIpc) is 3.13. The monoisotopic (exact) mass is 396 g/mol. The van der Waals surface area contributed by atoms with E-state index in [1.165, 1.54) is 12.7 Å². The summed E-state index contributed by atoms with van der Waals surface area (Å²) in [6, 6.07) is 6.66. The maximum Gasteiger partial charge on any atom is 0.316 e. The van der Waals surface area contributed by atoms with Crippen molar-refractivity contribution in [2.24, 2.45) is 11.3 Å². The maximum absolute atomic E-state index is 13.4. The average molecular weight is 396 g/mol. The molecular weight excluding hydrogens is 368 g/mol. The Hall–Kier alpha value is -2.05. The summed E-state index contributed by atoms with van der Waals surface area (Å²) < 4.78 is 10.9. The zero-order chi connectivity index (χ0) is 20.3. The first-order valence-electron chi connectivity index (χ1n) is 10.6. The molecule has 1 N–H and O–H groups in total. The first kappa shape index (κ1) is 17.8. The second-order valence-electron chi connectivity index (χ2n) is 9.42. The Labute approximate surface area is 171 Å². The van der Waals surface area contributed by atoms with Crippen LogP contribution in [0.15, 0.2) is 29.8 Å². The van der Waals surface area contributed by atoms with Crippen molar-refractivity contribution in [1.29, 1.82) is 0 Å². The van der Waals surface area contributed by atoms with Gasteiger partial charge < -0.3 is 19.5 Å². The normalized spacial score (nSPS) is 46.8. The number of hydrogen-bond acceptors (Lipinski definition) is 6. The van der Waals surface area contributed by atoms with Crippen LogP contribution in [0.3, 0.4) is 0 Å². The lowest BCUT2D eigenvalue weighted by Gasteiger charge is -2.61. The number of nitrogens with zero attached hydrogens (tertiary/aromatic N) is 2. The largest absolute Gasteiger partial charge is 0.497 e. The molecule has 6 heteroatoms. The molecule has 1 aliphatic carbocycles. The number of esters is 1. The smallest absolute Gasteiger partial charge is 0.316 e. The van der Waals surface area contributed by atoms with Gasteiger partial charge in [0.05, 0.1) is 26.4 Å². The Morgan fingerprint density at radius 1 is 1.34 bits per heavy atom. The first-order chi connectivity index (χ1) is 14.0. The van der Waals surface area contributed by atoms with E-state index in [2.05, 4.69) is 42.0 Å². The predicted octanol–water partition coefficient (Wildman–Crippen LogP) is 1.71. The summed E-state index contributed by atoms with van der Waals surface area (Å²) in [4.78, 5) is 18.2. The third-order valence-corrected chi connectivity index (χ3v) is 9.02. The number of piperidine rings is 4. The number of aliphatic hydroxyl groups excluding tert-OH is 1. The topological polar surface area (TPSA) is 62.2 Å². The molecule has 7 rings (SSSR count). The molecule has 5 aliphatic heterocycles. The minimum Gasteiger partial charge on any atom is -0.497 e. The van der Waals surface area contributed by atoms with Crippen molar-refractivity contribution >= 4 is 11.7 Å². The second-order valence-corrected chi connectivity index (χ2v) is 9.42. The number of aliphatic hydroxyl groups is 1. The molecule has 4 saturated heterocycles. The zero-order valence-corrected chi connectivity index (χ0v) is 17.4. The molecule has 1 unspecified atom stereocenters. The van der Waals surface area contributed by atoms with Gasteiger partial charge in [-0.1, -0.05) is 17.7 Å². The number of carbonyl (C=O) groups excluding carboxylic acids is 1. The molecule has 1 spiro atoms. The summed E-state index contributed by atoms with van der Waals surface area (Å²) in [6.07, 6.45) is 3.06. The number of fused-ring (bicyclic) bond motifs is 2. The SMILES string of the molecule is CC=C1CN2[C@H]3C[C@@]45c6ccc(OC)cc6N(C)[C@@H]4[C@@H]2C[C@@H]1[C@]3(C(=O)OC)[C@H]5O. The highest BCUT2D eigenvalue weighted by molar-refractivity contribution is 5.84. The number of carbonyl (C=O) groups is 1. The Balaban J connectivity index is 1.64. The van der Waals surface area contributed by atoms with Crippen LogP contribution in [0.1, 0.15) is 25.3 Å². The van der Waals surface area contributed by atoms with Gasteiger partial charge in [-0.25, -0.2) is 0 Å². The van der Waals surface area contributed by atoms with E-state index in [4.69, 9.17) is 9.47 Å². The molecule has 29 heavy (non-hydrogen) atoms. The van der Waals surface area contributed by atoms with Crippen LogP contribution in [0.5, 0.6) is 5.75 Å². The summed E-state index contributed by atoms with van der Waals surface area (Å²) in [5, 5.41) is 12.1. The van der Waals surface area contributed by atoms with Crippen LogP contribution < -0.4 is 9.64 Å². The molecule has 8 atom stereocenters. The summed E-state index contributed by atoms with van der Waals surface area (Å²) in [6.45, 7) is 2.94. The molecule has 0 aromatic heterocycles. The van der Waals surface area contributed by atoms with E-state index in [9.17, 15) is 9.90 Å². The summed E-state index contributed by atoms with van der Waals surface area (Å²) in [5.74, 6) is 0.625. The Kier molecular flexibility index (Phi) is 3.28. The van der Waals surface area contributed by atoms with Gasteiger partial charge >= 0.3 is 5.97 Å². The molecule has 154 valence electrons. The quantitative estimate of drug-likeness (QED) is 0.607. The summed E-state index contributed by atoms with van der Waals surface area (Å²) in [5.41, 5.74) is 2.21. The van der Waals surface area contributed by atoms with E-state index >= 15 is 0 Å². The van der Waals surface area contributed by atoms with Gasteiger partial charge in [0.25, 0.3) is 0 Å². The van der Waals surface area contributed by atoms with Crippen molar-refractivity contribution in [2.45, 2.75) is 49.4 Å². The van der Waals surface area contributed by atoms with Crippen molar-refractivity contribution in [3.05, 3.63) is 35.4 Å². The number of benzene rings is 1. The van der Waals surface area contributed by atoms with Crippen LogP contribution in [-0.4, -0.2) is 68.0 Å². The molecular formula is C23H28N2O4. The Bertz CT molecular complexity index is 960. The number of likely N-dealkylation sites (N-methyl/N-ethyl adjacent to an activating group) is 1. The van der Waals surface area contributed by atoms with Gasteiger partial charge in [-0.2, -0.15) is 0 Å². The van der Waals surface area contributed by atoms with Crippen LogP contribution in [0.25, 0.3) is 0 Å². The molecule has 0 radical (unpaired) electrons. The van der Waals surface area contributed by atoms with Crippen LogP contribution in [-0.2, 0) is 14.9 Å². The third-order valence-electron chi connectivity index (χ3n) is 9.02. The fourth-order valence-corrected chi connectivity index (χ4v) is 8.12. The lowest BCUT2D eigenvalue weighted by molar-refractivity contribution is -0.179. The van der Waals surface area contributed by atoms with Crippen LogP contribution in [0.2, 0.25) is 0 Å². The van der Waals surface area contributed by atoms with E-state index < -0.39 is 16.9 Å². The number of rotatable bonds is 2. The maximum atomic E-state index is 13.4. The molecule has 5 heterocycles. The first-order valence-corrected chi connectivity index (χ1v) is 10.6. The van der Waals surface area contributed by atoms with Crippen LogP contribution >= 0.6 is 0 Å². The van der Waals surface area contributed by atoms with Gasteiger partial charge in [0.2, 0.25) is 0 Å². The lowest BCUT2D eigenvalue weighted by atomic mass is 9.58. The van der Waals surface area contributed by atoms with E-state index in [1.54, 1.807) is 7.11 Å². The third kappa shape index (κ3) is 1.62. The predicted molar refractivity (Wildman–Crippen MR) is 108 cm³/mol. The molecule has 1 saturated carbocycles. The molecule has 0 amide bonds. The second kappa shape index (κ2) is 5.35. The van der Waals surface area contributed by atoms with Gasteiger partial charge in [-0.3, -0.25) is 9.69 Å². The van der Waals surface area contributed by atoms with Crippen molar-refractivity contribution in [1.82, 2.24) is 4.90 Å². The van der Waals surface area contributed by atoms with E-state index in [-0.39, 0.29) is 24.0 Å². The fraction of sp³-hybridized carbons (Fsp3) is 0.609. The molecule has 6 aliphatic rings. The van der Waals surface area contributed by atoms with Crippen LogP contribution in [0.4, 0.5) is 5.69 Å². The number of hydrogen-bond donors (Lipinski definition) is 1. The van der Waals surface area contributed by atoms with Crippen molar-refractivity contribution in [3.8, 4) is 5.75 Å². The standard InChI is InChI=1S/C23H28N2O4/c1-5-12-11-25-17-9-15(12)23(21(27)29-4)18(25)10-22(20(23)26)14-7-6-13(28-3)8-16(14)24(2)19(17)22/h5-8,15,17-20,26H,9-11H2,1-4H3/t15-,17-,18-,19+,20-,22+,23+/m0/s1. The number of anilines is 1. The molecule has 1 aromatic rings. The minimum absolute atomic E-state index is 0.0232. The van der Waals surface area contributed by atoms with Gasteiger partial charge in [0, 0.05) is 48.8 Å². The summed E-state index contributed by atoms with van der Waals surface area (Å²) >= 11 is 0. The summed E-state index contributed by atoms with van der Waals surface area (Å²) in [7, 11) is 5.28. The van der Waals surface area contributed by atoms with Crippen molar-refractivity contribution in [2.75, 3.05) is 32.7 Å². The number of allylic oxidation sites excluding steroid dienone is 1. The number of ether oxygens (including phenoxy) is 2. The highest BCUT2D eigenvalue weighted by atomic mass is 16.5. The van der Waals surface area contributed by atoms with Crippen molar-refractivity contribution in [3.63, 3.8) is 0 Å². The van der Waals surface area contributed by atoms with Gasteiger partial charge in [0.15, 0.2) is 0 Å². The van der Waals surface area contributed by atoms with Gasteiger partial charge in [-0.15, -0.1) is 0 Å².